The molecule has 0 spiro atoms. The molecule has 0 aromatic heterocycles. The van der Waals surface area contributed by atoms with E-state index in [1.54, 1.807) is 6.08 Å². The number of nitrogens with one attached hydrogen (secondary N) is 1. The summed E-state index contributed by atoms with van der Waals surface area (Å²) in [5.41, 5.74) is 0. The summed E-state index contributed by atoms with van der Waals surface area (Å²) in [6, 6.07) is -0.873. The van der Waals surface area contributed by atoms with Crippen molar-refractivity contribution in [1.29, 1.82) is 0 Å². The van der Waals surface area contributed by atoms with Crippen molar-refractivity contribution in [2.45, 2.75) is 129 Å². The molecule has 0 bridgehead atoms. The first-order chi connectivity index (χ1) is 18.0. The summed E-state index contributed by atoms with van der Waals surface area (Å²) in [6.45, 7) is 4.48. The predicted octanol–water partition coefficient (Wildman–Crippen LogP) is 5.88. The van der Waals surface area contributed by atoms with Gasteiger partial charge in [-0.05, 0) is 19.3 Å². The van der Waals surface area contributed by atoms with Gasteiger partial charge < -0.3 is 28.8 Å². The highest BCUT2D eigenvalue weighted by Crippen LogP contribution is 2.38. The van der Waals surface area contributed by atoms with Crippen LogP contribution in [0.4, 0.5) is 0 Å². The van der Waals surface area contributed by atoms with Crippen LogP contribution in [0.5, 0.6) is 0 Å². The molecule has 3 atom stereocenters. The molecule has 3 unspecified atom stereocenters. The molecule has 38 heavy (non-hydrogen) atoms. The van der Waals surface area contributed by atoms with Crippen LogP contribution in [-0.2, 0) is 18.4 Å². The fourth-order valence-electron chi connectivity index (χ4n) is 3.97. The van der Waals surface area contributed by atoms with Crippen LogP contribution < -0.4 is 10.2 Å². The molecule has 0 saturated carbocycles. The summed E-state index contributed by atoms with van der Waals surface area (Å²) in [7, 11) is 1.25. The van der Waals surface area contributed by atoms with Crippen molar-refractivity contribution in [3.63, 3.8) is 0 Å². The average molecular weight is 563 g/mol. The third-order valence-corrected chi connectivity index (χ3v) is 7.46. The van der Waals surface area contributed by atoms with Crippen LogP contribution in [0.15, 0.2) is 12.2 Å². The van der Waals surface area contributed by atoms with E-state index >= 15 is 0 Å². The minimum Gasteiger partial charge on any atom is -0.756 e. The molecule has 0 saturated heterocycles. The molecule has 1 amide bonds. The topological polar surface area (TPSA) is 108 Å². The number of aliphatic hydroxyl groups is 1. The molecule has 8 nitrogen and oxygen atoms in total. The van der Waals surface area contributed by atoms with Crippen molar-refractivity contribution in [1.82, 2.24) is 5.32 Å². The Kier molecular flexibility index (Phi) is 22.5. The lowest BCUT2D eigenvalue weighted by Crippen LogP contribution is -2.45. The molecule has 0 aliphatic heterocycles. The standard InChI is InChI=1S/C29H59N2O6P/c1-6-8-10-12-13-14-15-16-17-19-21-23-29(33)30-27(28(32)22-20-18-11-9-7-2)26-37-38(34,35)36-25-24-31(3,4)5/h20,22,27-28,32H,6-19,21,23-26H2,1-5H3,(H-,30,33,34,35)/b22-20+. The first-order valence-corrected chi connectivity index (χ1v) is 16.5. The molecule has 226 valence electrons. The van der Waals surface area contributed by atoms with Crippen LogP contribution in [-0.4, -0.2) is 68.5 Å². The lowest BCUT2D eigenvalue weighted by atomic mass is 10.0. The van der Waals surface area contributed by atoms with Crippen LogP contribution in [0.25, 0.3) is 0 Å². The molecule has 0 aliphatic carbocycles. The number of amides is 1. The number of unbranched alkanes of at least 4 members (excludes halogenated alkanes) is 13. The largest absolute Gasteiger partial charge is 0.756 e. The van der Waals surface area contributed by atoms with Crippen molar-refractivity contribution in [2.75, 3.05) is 40.9 Å². The van der Waals surface area contributed by atoms with Gasteiger partial charge in [0, 0.05) is 6.42 Å². The Hall–Kier alpha value is -0.760. The number of likely N-dealkylation sites (N-methyl/N-ethyl adjacent to an activating group) is 1. The molecule has 9 heteroatoms. The first-order valence-electron chi connectivity index (χ1n) is 15.1. The van der Waals surface area contributed by atoms with Gasteiger partial charge in [-0.25, -0.2) is 0 Å². The third kappa shape index (κ3) is 24.3. The molecule has 0 fully saturated rings. The molecular weight excluding hydrogens is 503 g/mol. The fourth-order valence-corrected chi connectivity index (χ4v) is 4.69. The number of rotatable bonds is 26. The number of phosphoric ester groups is 1. The van der Waals surface area contributed by atoms with Gasteiger partial charge in [0.2, 0.25) is 5.91 Å². The Morgan fingerprint density at radius 3 is 1.97 bits per heavy atom. The number of hydrogen-bond donors (Lipinski definition) is 2. The third-order valence-electron chi connectivity index (χ3n) is 6.50. The van der Waals surface area contributed by atoms with Gasteiger partial charge in [0.25, 0.3) is 7.82 Å². The predicted molar refractivity (Wildman–Crippen MR) is 155 cm³/mol. The highest BCUT2D eigenvalue weighted by Gasteiger charge is 2.23. The number of phosphoric acid groups is 1. The van der Waals surface area contributed by atoms with Gasteiger partial charge in [-0.1, -0.05) is 103 Å². The zero-order chi connectivity index (χ0) is 28.7. The summed E-state index contributed by atoms with van der Waals surface area (Å²) in [4.78, 5) is 24.8. The van der Waals surface area contributed by atoms with Gasteiger partial charge in [-0.3, -0.25) is 9.36 Å². The maximum Gasteiger partial charge on any atom is 0.268 e. The molecule has 0 radical (unpaired) electrons. The number of carbonyl (C=O) groups is 1. The minimum absolute atomic E-state index is 0.0000453. The van der Waals surface area contributed by atoms with Crippen molar-refractivity contribution in [3.05, 3.63) is 12.2 Å². The number of quaternary nitrogens is 1. The SMILES string of the molecule is CCCCC/C=C/C(O)C(COP(=O)([O-])OCC[N+](C)(C)C)NC(=O)CCCCCCCCCCCCC. The lowest BCUT2D eigenvalue weighted by molar-refractivity contribution is -0.870. The van der Waals surface area contributed by atoms with Crippen molar-refractivity contribution < 1.29 is 32.9 Å². The second-order valence-electron chi connectivity index (χ2n) is 11.5. The van der Waals surface area contributed by atoms with Gasteiger partial charge in [0.1, 0.15) is 13.2 Å². The van der Waals surface area contributed by atoms with Crippen molar-refractivity contribution >= 4 is 13.7 Å². The molecule has 0 heterocycles. The highest BCUT2D eigenvalue weighted by atomic mass is 31.2. The molecule has 0 aromatic carbocycles. The van der Waals surface area contributed by atoms with E-state index in [1.165, 1.54) is 51.4 Å². The van der Waals surface area contributed by atoms with E-state index in [4.69, 9.17) is 9.05 Å². The van der Waals surface area contributed by atoms with Gasteiger partial charge in [-0.15, -0.1) is 0 Å². The minimum atomic E-state index is -4.55. The van der Waals surface area contributed by atoms with Gasteiger partial charge in [0.15, 0.2) is 0 Å². The summed E-state index contributed by atoms with van der Waals surface area (Å²) < 4.78 is 22.8. The van der Waals surface area contributed by atoms with E-state index in [9.17, 15) is 19.4 Å². The molecule has 0 rings (SSSR count). The Labute approximate surface area is 233 Å². The summed E-state index contributed by atoms with van der Waals surface area (Å²) >= 11 is 0. The molecule has 0 aromatic rings. The Morgan fingerprint density at radius 1 is 0.895 bits per heavy atom. The number of allylic oxidation sites excluding steroid dienone is 1. The first kappa shape index (κ1) is 37.2. The summed E-state index contributed by atoms with van der Waals surface area (Å²) in [5.74, 6) is -0.209. The highest BCUT2D eigenvalue weighted by molar-refractivity contribution is 7.45. The maximum atomic E-state index is 12.6. The van der Waals surface area contributed by atoms with E-state index in [0.29, 0.717) is 17.4 Å². The molecule has 2 N–H and O–H groups in total. The Morgan fingerprint density at radius 2 is 1.42 bits per heavy atom. The van der Waals surface area contributed by atoms with Crippen LogP contribution in [0.1, 0.15) is 117 Å². The van der Waals surface area contributed by atoms with Crippen molar-refractivity contribution in [2.24, 2.45) is 0 Å². The van der Waals surface area contributed by atoms with Gasteiger partial charge in [0.05, 0.1) is 39.9 Å². The normalized spacial score (nSPS) is 15.4. The zero-order valence-electron chi connectivity index (χ0n) is 25.1. The number of carbonyl (C=O) groups excluding carboxylic acids is 1. The van der Waals surface area contributed by atoms with Crippen LogP contribution in [0, 0.1) is 0 Å². The fraction of sp³-hybridized carbons (Fsp3) is 0.897. The number of hydrogen-bond acceptors (Lipinski definition) is 6. The van der Waals surface area contributed by atoms with Gasteiger partial charge >= 0.3 is 0 Å². The summed E-state index contributed by atoms with van der Waals surface area (Å²) in [5, 5.41) is 13.4. The lowest BCUT2D eigenvalue weighted by Gasteiger charge is -2.29. The quantitative estimate of drug-likeness (QED) is 0.0590. The maximum absolute atomic E-state index is 12.6. The molecule has 0 aliphatic rings. The van der Waals surface area contributed by atoms with Crippen LogP contribution in [0.3, 0.4) is 0 Å². The zero-order valence-corrected chi connectivity index (χ0v) is 26.0. The Balaban J connectivity index is 4.53. The second kappa shape index (κ2) is 23.0. The average Bonchev–Trinajstić information content (AvgIpc) is 2.83. The van der Waals surface area contributed by atoms with E-state index < -0.39 is 20.0 Å². The molecular formula is C29H59N2O6P. The monoisotopic (exact) mass is 562 g/mol. The Bertz CT molecular complexity index is 653. The smallest absolute Gasteiger partial charge is 0.268 e. The van der Waals surface area contributed by atoms with Gasteiger partial charge in [-0.2, -0.15) is 0 Å². The van der Waals surface area contributed by atoms with Crippen LogP contribution in [0.2, 0.25) is 0 Å². The van der Waals surface area contributed by atoms with E-state index in [2.05, 4.69) is 19.2 Å². The van der Waals surface area contributed by atoms with E-state index in [1.807, 2.05) is 27.2 Å². The summed E-state index contributed by atoms with van der Waals surface area (Å²) in [6.07, 6.45) is 20.0. The van der Waals surface area contributed by atoms with E-state index in [0.717, 1.165) is 44.9 Å². The number of nitrogens with zero attached hydrogens (tertiary/aromatic N) is 1. The van der Waals surface area contributed by atoms with E-state index in [-0.39, 0.29) is 19.1 Å². The van der Waals surface area contributed by atoms with Crippen molar-refractivity contribution in [3.8, 4) is 0 Å². The second-order valence-corrected chi connectivity index (χ2v) is 12.9. The van der Waals surface area contributed by atoms with Crippen LogP contribution >= 0.6 is 7.82 Å². The number of aliphatic hydroxyl groups excluding tert-OH is 1.